The Balaban J connectivity index is 2.44. The third-order valence-electron chi connectivity index (χ3n) is 5.16. The van der Waals surface area contributed by atoms with Crippen molar-refractivity contribution in [2.45, 2.75) is 40.0 Å². The molecule has 4 atom stereocenters. The molecule has 0 aliphatic heterocycles. The zero-order valence-corrected chi connectivity index (χ0v) is 8.76. The van der Waals surface area contributed by atoms with E-state index >= 15 is 0 Å². The molecule has 0 radical (unpaired) electrons. The summed E-state index contributed by atoms with van der Waals surface area (Å²) in [6, 6.07) is 0. The van der Waals surface area contributed by atoms with Gasteiger partial charge in [0.15, 0.2) is 0 Å². The molecule has 74 valence electrons. The van der Waals surface area contributed by atoms with Crippen LogP contribution in [-0.4, -0.2) is 5.91 Å². The van der Waals surface area contributed by atoms with Crippen LogP contribution in [0.3, 0.4) is 0 Å². The second kappa shape index (κ2) is 2.28. The molecule has 0 heterocycles. The lowest BCUT2D eigenvalue weighted by Crippen LogP contribution is -2.48. The Hall–Kier alpha value is -0.530. The summed E-state index contributed by atoms with van der Waals surface area (Å²) in [4.78, 5) is 11.6. The number of fused-ring (bicyclic) bond motifs is 2. The number of carbonyl (C=O) groups excluding carboxylic acids is 1. The molecule has 1 amide bonds. The van der Waals surface area contributed by atoms with Gasteiger partial charge in [0.05, 0.1) is 5.41 Å². The Morgan fingerprint density at radius 2 is 2.08 bits per heavy atom. The summed E-state index contributed by atoms with van der Waals surface area (Å²) < 4.78 is 0. The van der Waals surface area contributed by atoms with Gasteiger partial charge in [-0.05, 0) is 43.4 Å². The second-order valence-electron chi connectivity index (χ2n) is 5.42. The molecular formula is C11H19NO. The Morgan fingerprint density at radius 1 is 1.46 bits per heavy atom. The fourth-order valence-electron chi connectivity index (χ4n) is 3.73. The fraction of sp³-hybridized carbons (Fsp3) is 0.909. The first-order valence-electron chi connectivity index (χ1n) is 5.22. The third kappa shape index (κ3) is 0.818. The predicted octanol–water partition coefficient (Wildman–Crippen LogP) is 1.93. The minimum absolute atomic E-state index is 0.0929. The second-order valence-corrected chi connectivity index (χ2v) is 5.42. The molecule has 4 unspecified atom stereocenters. The SMILES string of the molecule is CC1C2CCC(C)(C2)C1(C)C(N)=O. The van der Waals surface area contributed by atoms with E-state index in [1.165, 1.54) is 19.3 Å². The summed E-state index contributed by atoms with van der Waals surface area (Å²) >= 11 is 0. The highest BCUT2D eigenvalue weighted by atomic mass is 16.1. The summed E-state index contributed by atoms with van der Waals surface area (Å²) in [6.07, 6.45) is 3.68. The van der Waals surface area contributed by atoms with E-state index < -0.39 is 0 Å². The van der Waals surface area contributed by atoms with Crippen LogP contribution in [-0.2, 0) is 4.79 Å². The van der Waals surface area contributed by atoms with Crippen molar-refractivity contribution in [1.29, 1.82) is 0 Å². The van der Waals surface area contributed by atoms with E-state index in [4.69, 9.17) is 5.73 Å². The molecule has 2 aliphatic rings. The van der Waals surface area contributed by atoms with E-state index in [0.29, 0.717) is 5.92 Å². The minimum atomic E-state index is -0.254. The fourth-order valence-corrected chi connectivity index (χ4v) is 3.73. The molecule has 2 N–H and O–H groups in total. The van der Waals surface area contributed by atoms with Crippen LogP contribution in [0.5, 0.6) is 0 Å². The summed E-state index contributed by atoms with van der Waals surface area (Å²) in [5.41, 5.74) is 5.48. The molecule has 2 nitrogen and oxygen atoms in total. The Labute approximate surface area is 79.9 Å². The number of rotatable bonds is 1. The van der Waals surface area contributed by atoms with Crippen LogP contribution in [0.15, 0.2) is 0 Å². The van der Waals surface area contributed by atoms with Gasteiger partial charge in [0.25, 0.3) is 0 Å². The van der Waals surface area contributed by atoms with Crippen molar-refractivity contribution in [2.75, 3.05) is 0 Å². The van der Waals surface area contributed by atoms with E-state index in [9.17, 15) is 4.79 Å². The van der Waals surface area contributed by atoms with Crippen molar-refractivity contribution < 1.29 is 4.79 Å². The van der Waals surface area contributed by atoms with Crippen LogP contribution >= 0.6 is 0 Å². The van der Waals surface area contributed by atoms with Gasteiger partial charge in [-0.25, -0.2) is 0 Å². The van der Waals surface area contributed by atoms with E-state index in [1.807, 2.05) is 0 Å². The molecule has 0 aromatic rings. The molecule has 0 spiro atoms. The number of hydrogen-bond acceptors (Lipinski definition) is 1. The van der Waals surface area contributed by atoms with Crippen molar-refractivity contribution in [2.24, 2.45) is 28.4 Å². The van der Waals surface area contributed by atoms with Gasteiger partial charge >= 0.3 is 0 Å². The average molecular weight is 181 g/mol. The molecule has 13 heavy (non-hydrogen) atoms. The van der Waals surface area contributed by atoms with Gasteiger partial charge in [0.2, 0.25) is 5.91 Å². The summed E-state index contributed by atoms with van der Waals surface area (Å²) in [5, 5.41) is 0. The normalized spacial score (nSPS) is 54.1. The van der Waals surface area contributed by atoms with Crippen LogP contribution < -0.4 is 5.73 Å². The average Bonchev–Trinajstić information content (AvgIpc) is 2.51. The maximum absolute atomic E-state index is 11.6. The van der Waals surface area contributed by atoms with Crippen LogP contribution in [0.4, 0.5) is 0 Å². The van der Waals surface area contributed by atoms with Gasteiger partial charge in [-0.1, -0.05) is 13.8 Å². The van der Waals surface area contributed by atoms with E-state index in [1.54, 1.807) is 0 Å². The highest BCUT2D eigenvalue weighted by molar-refractivity contribution is 5.82. The Bertz CT molecular complexity index is 263. The molecule has 0 aromatic carbocycles. The number of nitrogens with two attached hydrogens (primary N) is 1. The van der Waals surface area contributed by atoms with Crippen molar-refractivity contribution in [3.05, 3.63) is 0 Å². The van der Waals surface area contributed by atoms with Gasteiger partial charge in [-0.15, -0.1) is 0 Å². The Morgan fingerprint density at radius 3 is 2.38 bits per heavy atom. The monoisotopic (exact) mass is 181 g/mol. The summed E-state index contributed by atoms with van der Waals surface area (Å²) in [5.74, 6) is 1.12. The zero-order chi connectivity index (χ0) is 9.85. The molecule has 2 bridgehead atoms. The third-order valence-corrected chi connectivity index (χ3v) is 5.16. The lowest BCUT2D eigenvalue weighted by Gasteiger charge is -2.43. The van der Waals surface area contributed by atoms with Crippen LogP contribution in [0, 0.1) is 22.7 Å². The smallest absolute Gasteiger partial charge is 0.224 e. The molecule has 2 heteroatoms. The first kappa shape index (κ1) is 9.04. The first-order chi connectivity index (χ1) is 5.92. The highest BCUT2D eigenvalue weighted by Gasteiger charge is 2.63. The summed E-state index contributed by atoms with van der Waals surface area (Å²) in [7, 11) is 0. The van der Waals surface area contributed by atoms with Crippen molar-refractivity contribution >= 4 is 5.91 Å². The number of amides is 1. The van der Waals surface area contributed by atoms with Crippen LogP contribution in [0.2, 0.25) is 0 Å². The van der Waals surface area contributed by atoms with Gasteiger partial charge in [0, 0.05) is 0 Å². The van der Waals surface area contributed by atoms with E-state index in [2.05, 4.69) is 20.8 Å². The van der Waals surface area contributed by atoms with E-state index in [-0.39, 0.29) is 16.7 Å². The zero-order valence-electron chi connectivity index (χ0n) is 8.76. The van der Waals surface area contributed by atoms with Crippen LogP contribution in [0.25, 0.3) is 0 Å². The maximum atomic E-state index is 11.6. The quantitative estimate of drug-likeness (QED) is 0.660. The molecular weight excluding hydrogens is 162 g/mol. The lowest BCUT2D eigenvalue weighted by atomic mass is 9.60. The number of primary amides is 1. The van der Waals surface area contributed by atoms with Gasteiger partial charge < -0.3 is 5.73 Å². The van der Waals surface area contributed by atoms with Crippen molar-refractivity contribution in [3.8, 4) is 0 Å². The first-order valence-corrected chi connectivity index (χ1v) is 5.22. The van der Waals surface area contributed by atoms with Crippen molar-refractivity contribution in [1.82, 2.24) is 0 Å². The lowest BCUT2D eigenvalue weighted by molar-refractivity contribution is -0.136. The van der Waals surface area contributed by atoms with Gasteiger partial charge in [-0.3, -0.25) is 4.79 Å². The molecule has 2 fully saturated rings. The Kier molecular flexibility index (Phi) is 1.59. The maximum Gasteiger partial charge on any atom is 0.224 e. The van der Waals surface area contributed by atoms with Gasteiger partial charge in [0.1, 0.15) is 0 Å². The molecule has 2 rings (SSSR count). The van der Waals surface area contributed by atoms with Gasteiger partial charge in [-0.2, -0.15) is 0 Å². The number of carbonyl (C=O) groups is 1. The molecule has 0 saturated heterocycles. The largest absolute Gasteiger partial charge is 0.369 e. The standard InChI is InChI=1S/C11H19NO/c1-7-8-4-5-10(2,6-8)11(7,3)9(12)13/h7-8H,4-6H2,1-3H3,(H2,12,13). The topological polar surface area (TPSA) is 43.1 Å². The summed E-state index contributed by atoms with van der Waals surface area (Å²) in [6.45, 7) is 6.50. The minimum Gasteiger partial charge on any atom is -0.369 e. The van der Waals surface area contributed by atoms with Crippen molar-refractivity contribution in [3.63, 3.8) is 0 Å². The molecule has 2 saturated carbocycles. The highest BCUT2D eigenvalue weighted by Crippen LogP contribution is 2.66. The molecule has 2 aliphatic carbocycles. The van der Waals surface area contributed by atoms with Crippen LogP contribution in [0.1, 0.15) is 40.0 Å². The number of hydrogen-bond donors (Lipinski definition) is 1. The predicted molar refractivity (Wildman–Crippen MR) is 51.9 cm³/mol. The van der Waals surface area contributed by atoms with E-state index in [0.717, 1.165) is 5.92 Å². The molecule has 0 aromatic heterocycles.